The summed E-state index contributed by atoms with van der Waals surface area (Å²) in [6.07, 6.45) is 0.378. The van der Waals surface area contributed by atoms with Gasteiger partial charge < -0.3 is 23.9 Å². The zero-order chi connectivity index (χ0) is 24.4. The van der Waals surface area contributed by atoms with Crippen LogP contribution in [-0.2, 0) is 17.8 Å². The number of nitriles is 1. The van der Waals surface area contributed by atoms with Gasteiger partial charge in [-0.2, -0.15) is 5.26 Å². The molecule has 0 atom stereocenters. The third-order valence-electron chi connectivity index (χ3n) is 5.75. The second kappa shape index (κ2) is 9.61. The minimum Gasteiger partial charge on any atom is -0.489 e. The second-order valence-electron chi connectivity index (χ2n) is 7.98. The number of ether oxygens (including phenoxy) is 4. The fourth-order valence-corrected chi connectivity index (χ4v) is 4.23. The number of benzene rings is 3. The van der Waals surface area contributed by atoms with Crippen LogP contribution in [-0.4, -0.2) is 24.4 Å². The van der Waals surface area contributed by atoms with Gasteiger partial charge in [0.1, 0.15) is 18.1 Å². The molecule has 0 unspecified atom stereocenters. The Kier molecular flexibility index (Phi) is 6.21. The van der Waals surface area contributed by atoms with Crippen LogP contribution in [0.2, 0.25) is 5.02 Å². The van der Waals surface area contributed by atoms with Crippen LogP contribution in [0.5, 0.6) is 17.2 Å². The molecule has 176 valence electrons. The summed E-state index contributed by atoms with van der Waals surface area (Å²) in [5.41, 5.74) is 4.25. The third kappa shape index (κ3) is 4.61. The number of esters is 1. The average Bonchev–Trinajstić information content (AvgIpc) is 3.47. The van der Waals surface area contributed by atoms with Gasteiger partial charge in [-0.1, -0.05) is 23.7 Å². The van der Waals surface area contributed by atoms with Gasteiger partial charge >= 0.3 is 5.97 Å². The predicted molar refractivity (Wildman–Crippen MR) is 130 cm³/mol. The van der Waals surface area contributed by atoms with Crippen LogP contribution >= 0.6 is 11.6 Å². The highest BCUT2D eigenvalue weighted by molar-refractivity contribution is 6.31. The van der Waals surface area contributed by atoms with E-state index >= 15 is 0 Å². The summed E-state index contributed by atoms with van der Waals surface area (Å²) < 4.78 is 22.2. The zero-order valence-corrected chi connectivity index (χ0v) is 19.6. The molecule has 0 bridgehead atoms. The molecule has 0 saturated carbocycles. The fourth-order valence-electron chi connectivity index (χ4n) is 4.01. The fraction of sp³-hybridized carbons (Fsp3) is 0.185. The highest BCUT2D eigenvalue weighted by Crippen LogP contribution is 2.39. The molecule has 2 heterocycles. The van der Waals surface area contributed by atoms with Gasteiger partial charge in [0.25, 0.3) is 0 Å². The number of halogens is 1. The molecule has 0 saturated heterocycles. The van der Waals surface area contributed by atoms with Crippen molar-refractivity contribution < 1.29 is 23.7 Å². The Morgan fingerprint density at radius 3 is 2.63 bits per heavy atom. The van der Waals surface area contributed by atoms with Gasteiger partial charge in [-0.25, -0.2) is 4.79 Å². The summed E-state index contributed by atoms with van der Waals surface area (Å²) in [6, 6.07) is 18.5. The minimum atomic E-state index is -0.435. The van der Waals surface area contributed by atoms with Crippen molar-refractivity contribution in [2.24, 2.45) is 0 Å². The van der Waals surface area contributed by atoms with Gasteiger partial charge in [-0.3, -0.25) is 0 Å². The zero-order valence-electron chi connectivity index (χ0n) is 18.9. The average molecular weight is 489 g/mol. The Bertz CT molecular complexity index is 1450. The van der Waals surface area contributed by atoms with Gasteiger partial charge in [-0.05, 0) is 60.0 Å². The Morgan fingerprint density at radius 1 is 1.11 bits per heavy atom. The van der Waals surface area contributed by atoms with Crippen LogP contribution in [0.4, 0.5) is 0 Å². The van der Waals surface area contributed by atoms with Crippen molar-refractivity contribution in [3.05, 3.63) is 87.6 Å². The van der Waals surface area contributed by atoms with Crippen molar-refractivity contribution in [1.29, 1.82) is 5.26 Å². The van der Waals surface area contributed by atoms with Crippen LogP contribution in [0.1, 0.15) is 39.7 Å². The molecule has 0 aliphatic carbocycles. The maximum Gasteiger partial charge on any atom is 0.355 e. The van der Waals surface area contributed by atoms with Crippen LogP contribution in [0.3, 0.4) is 0 Å². The molecule has 1 aromatic heterocycles. The van der Waals surface area contributed by atoms with Crippen LogP contribution in [0, 0.1) is 11.3 Å². The number of carbonyl (C=O) groups excluding carboxylic acids is 1. The maximum absolute atomic E-state index is 12.8. The number of aromatic amines is 1. The highest BCUT2D eigenvalue weighted by Gasteiger charge is 2.23. The number of H-pyrrole nitrogens is 1. The molecule has 0 fully saturated rings. The van der Waals surface area contributed by atoms with Crippen molar-refractivity contribution >= 4 is 28.5 Å². The Balaban J connectivity index is 1.49. The molecule has 1 aliphatic rings. The lowest BCUT2D eigenvalue weighted by Crippen LogP contribution is -2.08. The molecule has 3 aromatic carbocycles. The Labute approximate surface area is 206 Å². The quantitative estimate of drug-likeness (QED) is 0.332. The number of fused-ring (bicyclic) bond motifs is 2. The normalized spacial score (nSPS) is 11.9. The summed E-state index contributed by atoms with van der Waals surface area (Å²) in [4.78, 5) is 16.0. The summed E-state index contributed by atoms with van der Waals surface area (Å²) in [5, 5.41) is 10.3. The molecule has 35 heavy (non-hydrogen) atoms. The molecule has 0 amide bonds. The van der Waals surface area contributed by atoms with Crippen molar-refractivity contribution in [1.82, 2.24) is 4.98 Å². The molecule has 8 heteroatoms. The molecule has 0 radical (unpaired) electrons. The number of hydrogen-bond donors (Lipinski definition) is 1. The molecule has 1 N–H and O–H groups in total. The highest BCUT2D eigenvalue weighted by atomic mass is 35.5. The second-order valence-corrected chi connectivity index (χ2v) is 8.38. The lowest BCUT2D eigenvalue weighted by Gasteiger charge is -2.09. The lowest BCUT2D eigenvalue weighted by molar-refractivity contribution is 0.0519. The van der Waals surface area contributed by atoms with E-state index in [1.165, 1.54) is 0 Å². The third-order valence-corrected chi connectivity index (χ3v) is 6.11. The monoisotopic (exact) mass is 488 g/mol. The van der Waals surface area contributed by atoms with E-state index in [4.69, 9.17) is 35.8 Å². The van der Waals surface area contributed by atoms with Gasteiger partial charge in [0, 0.05) is 28.4 Å². The van der Waals surface area contributed by atoms with E-state index < -0.39 is 5.97 Å². The Morgan fingerprint density at radius 2 is 1.89 bits per heavy atom. The summed E-state index contributed by atoms with van der Waals surface area (Å²) in [5.74, 6) is 1.43. The van der Waals surface area contributed by atoms with Crippen molar-refractivity contribution in [3.8, 4) is 23.3 Å². The van der Waals surface area contributed by atoms with Crippen LogP contribution in [0.15, 0.2) is 54.6 Å². The van der Waals surface area contributed by atoms with E-state index in [1.54, 1.807) is 25.1 Å². The van der Waals surface area contributed by atoms with Crippen LogP contribution in [0.25, 0.3) is 10.9 Å². The number of rotatable bonds is 7. The number of nitrogens with zero attached hydrogens (tertiary/aromatic N) is 1. The standard InChI is InChI=1S/C27H21ClN2O5/c1-2-32-27(31)26-21(9-18-10-24-25(12-22(18)28)35-15-34-24)20-11-19(7-8-23(20)30-26)33-14-17-5-3-16(13-29)4-6-17/h3-8,10-12,30H,2,9,14-15H2,1H3. The van der Waals surface area contributed by atoms with Gasteiger partial charge in [0.2, 0.25) is 6.79 Å². The Hall–Kier alpha value is -4.15. The minimum absolute atomic E-state index is 0.149. The van der Waals surface area contributed by atoms with Crippen molar-refractivity contribution in [2.75, 3.05) is 13.4 Å². The molecule has 7 nitrogen and oxygen atoms in total. The smallest absolute Gasteiger partial charge is 0.355 e. The number of aromatic nitrogens is 1. The summed E-state index contributed by atoms with van der Waals surface area (Å²) in [6.45, 7) is 2.52. The molecular formula is C27H21ClN2O5. The van der Waals surface area contributed by atoms with E-state index in [-0.39, 0.29) is 13.4 Å². The SMILES string of the molecule is CCOC(=O)c1[nH]c2ccc(OCc3ccc(C#N)cc3)cc2c1Cc1cc2c(cc1Cl)OCO2. The first-order chi connectivity index (χ1) is 17.1. The van der Waals surface area contributed by atoms with E-state index in [0.29, 0.717) is 46.6 Å². The number of carbonyl (C=O) groups is 1. The van der Waals surface area contributed by atoms with Gasteiger partial charge in [-0.15, -0.1) is 0 Å². The molecule has 5 rings (SSSR count). The first-order valence-corrected chi connectivity index (χ1v) is 11.4. The van der Waals surface area contributed by atoms with E-state index in [9.17, 15) is 4.79 Å². The van der Waals surface area contributed by atoms with E-state index in [0.717, 1.165) is 27.6 Å². The van der Waals surface area contributed by atoms with Crippen molar-refractivity contribution in [2.45, 2.75) is 20.0 Å². The number of nitrogens with one attached hydrogen (secondary N) is 1. The number of hydrogen-bond acceptors (Lipinski definition) is 6. The molecule has 4 aromatic rings. The topological polar surface area (TPSA) is 93.6 Å². The van der Waals surface area contributed by atoms with Gasteiger partial charge in [0.05, 0.1) is 18.2 Å². The summed E-state index contributed by atoms with van der Waals surface area (Å²) in [7, 11) is 0. The molecule has 1 aliphatic heterocycles. The van der Waals surface area contributed by atoms with Crippen molar-refractivity contribution in [3.63, 3.8) is 0 Å². The van der Waals surface area contributed by atoms with Gasteiger partial charge in [0.15, 0.2) is 11.5 Å². The lowest BCUT2D eigenvalue weighted by atomic mass is 10.0. The summed E-state index contributed by atoms with van der Waals surface area (Å²) >= 11 is 6.53. The molecule has 0 spiro atoms. The maximum atomic E-state index is 12.8. The van der Waals surface area contributed by atoms with E-state index in [1.807, 2.05) is 36.4 Å². The largest absolute Gasteiger partial charge is 0.489 e. The predicted octanol–water partition coefficient (Wildman–Crippen LogP) is 5.77. The van der Waals surface area contributed by atoms with Crippen LogP contribution < -0.4 is 14.2 Å². The van der Waals surface area contributed by atoms with E-state index in [2.05, 4.69) is 11.1 Å². The first kappa shape index (κ1) is 22.6. The molecular weight excluding hydrogens is 468 g/mol. The first-order valence-electron chi connectivity index (χ1n) is 11.1.